The number of unbranched alkanes of at least 4 members (excludes halogenated alkanes) is 6. The normalized spacial score (nSPS) is 22.2. The van der Waals surface area contributed by atoms with Gasteiger partial charge in [-0.25, -0.2) is 4.99 Å². The summed E-state index contributed by atoms with van der Waals surface area (Å²) >= 11 is 0. The van der Waals surface area contributed by atoms with Gasteiger partial charge in [0.1, 0.15) is 6.20 Å². The van der Waals surface area contributed by atoms with E-state index < -0.39 is 0 Å². The fourth-order valence-corrected chi connectivity index (χ4v) is 2.44. The summed E-state index contributed by atoms with van der Waals surface area (Å²) in [5.41, 5.74) is 0. The van der Waals surface area contributed by atoms with Gasteiger partial charge in [0.15, 0.2) is 6.34 Å². The molecule has 0 amide bonds. The third kappa shape index (κ3) is 6.95. The smallest absolute Gasteiger partial charge is 0.194 e. The van der Waals surface area contributed by atoms with E-state index in [-0.39, 0.29) is 0 Å². The molecule has 1 aliphatic heterocycles. The summed E-state index contributed by atoms with van der Waals surface area (Å²) < 4.78 is 0.897. The molecule has 0 fully saturated rings. The Kier molecular flexibility index (Phi) is 7.26. The van der Waals surface area contributed by atoms with Gasteiger partial charge in [0.25, 0.3) is 0 Å². The maximum absolute atomic E-state index is 4.17. The highest BCUT2D eigenvalue weighted by atomic mass is 15.3. The molecule has 0 aromatic carbocycles. The van der Waals surface area contributed by atoms with Crippen LogP contribution in [0.1, 0.15) is 65.2 Å². The molecule has 0 radical (unpaired) electrons. The van der Waals surface area contributed by atoms with Crippen LogP contribution in [0.15, 0.2) is 17.4 Å². The van der Waals surface area contributed by atoms with E-state index >= 15 is 0 Å². The molecule has 0 bridgehead atoms. The molecule has 0 N–H and O–H groups in total. The second-order valence-electron chi connectivity index (χ2n) is 6.29. The van der Waals surface area contributed by atoms with Gasteiger partial charge in [-0.05, 0) is 18.8 Å². The molecule has 18 heavy (non-hydrogen) atoms. The van der Waals surface area contributed by atoms with Crippen LogP contribution in [0.25, 0.3) is 0 Å². The molecular formula is C16H31N2+. The Morgan fingerprint density at radius 1 is 0.944 bits per heavy atom. The van der Waals surface area contributed by atoms with Crippen molar-refractivity contribution in [3.05, 3.63) is 12.4 Å². The van der Waals surface area contributed by atoms with E-state index in [1.165, 1.54) is 57.9 Å². The number of hydrogen-bond acceptors (Lipinski definition) is 1. The molecule has 0 aromatic rings. The van der Waals surface area contributed by atoms with E-state index in [0.29, 0.717) is 0 Å². The van der Waals surface area contributed by atoms with E-state index in [1.54, 1.807) is 0 Å². The van der Waals surface area contributed by atoms with Crippen molar-refractivity contribution < 1.29 is 4.48 Å². The summed E-state index contributed by atoms with van der Waals surface area (Å²) in [7, 11) is 2.22. The zero-order chi connectivity index (χ0) is 13.3. The summed E-state index contributed by atoms with van der Waals surface area (Å²) in [6.07, 6.45) is 17.3. The molecule has 2 heteroatoms. The average molecular weight is 251 g/mol. The minimum absolute atomic E-state index is 0.879. The van der Waals surface area contributed by atoms with Crippen molar-refractivity contribution in [2.75, 3.05) is 13.6 Å². The number of aliphatic imine (C=N–C) groups is 1. The highest BCUT2D eigenvalue weighted by molar-refractivity contribution is 5.50. The zero-order valence-electron chi connectivity index (χ0n) is 12.6. The third-order valence-corrected chi connectivity index (χ3v) is 3.75. The lowest BCUT2D eigenvalue weighted by atomic mass is 10.0. The minimum Gasteiger partial charge on any atom is -0.256 e. The number of quaternary nitrogens is 1. The monoisotopic (exact) mass is 251 g/mol. The highest BCUT2D eigenvalue weighted by Gasteiger charge is 2.18. The molecule has 1 heterocycles. The second-order valence-corrected chi connectivity index (χ2v) is 6.29. The maximum Gasteiger partial charge on any atom is 0.194 e. The predicted octanol–water partition coefficient (Wildman–Crippen LogP) is 4.72. The summed E-state index contributed by atoms with van der Waals surface area (Å²) in [5.74, 6) is 0.879. The Labute approximate surface area is 113 Å². The lowest BCUT2D eigenvalue weighted by molar-refractivity contribution is -0.756. The first-order valence-electron chi connectivity index (χ1n) is 7.69. The average Bonchev–Trinajstić information content (AvgIpc) is 2.74. The Morgan fingerprint density at radius 2 is 1.56 bits per heavy atom. The van der Waals surface area contributed by atoms with Crippen molar-refractivity contribution in [3.63, 3.8) is 0 Å². The van der Waals surface area contributed by atoms with Crippen molar-refractivity contribution >= 4 is 6.34 Å². The third-order valence-electron chi connectivity index (χ3n) is 3.75. The Bertz CT molecular complexity index is 254. The van der Waals surface area contributed by atoms with Crippen LogP contribution in [-0.4, -0.2) is 24.4 Å². The zero-order valence-corrected chi connectivity index (χ0v) is 12.6. The highest BCUT2D eigenvalue weighted by Crippen LogP contribution is 2.14. The molecule has 0 aliphatic carbocycles. The largest absolute Gasteiger partial charge is 0.256 e. The fraction of sp³-hybridized carbons (Fsp3) is 0.812. The van der Waals surface area contributed by atoms with Gasteiger partial charge in [0, 0.05) is 0 Å². The van der Waals surface area contributed by atoms with Crippen molar-refractivity contribution in [2.45, 2.75) is 65.2 Å². The van der Waals surface area contributed by atoms with Crippen molar-refractivity contribution in [1.82, 2.24) is 0 Å². The summed E-state index contributed by atoms with van der Waals surface area (Å²) in [5, 5.41) is 0. The van der Waals surface area contributed by atoms with Crippen LogP contribution in [-0.2, 0) is 0 Å². The summed E-state index contributed by atoms with van der Waals surface area (Å²) in [4.78, 5) is 4.17. The molecule has 0 saturated heterocycles. The minimum atomic E-state index is 0.879. The lowest BCUT2D eigenvalue weighted by Crippen LogP contribution is -2.35. The van der Waals surface area contributed by atoms with Crippen LogP contribution < -0.4 is 0 Å². The molecule has 0 saturated carbocycles. The van der Waals surface area contributed by atoms with Crippen molar-refractivity contribution in [2.24, 2.45) is 10.9 Å². The van der Waals surface area contributed by atoms with Gasteiger partial charge in [-0.1, -0.05) is 52.4 Å². The second kappa shape index (κ2) is 8.47. The SMILES string of the molecule is CC(C)CCCCCCCCC[N+]1(C)C=CN=C1. The maximum atomic E-state index is 4.17. The predicted molar refractivity (Wildman–Crippen MR) is 80.5 cm³/mol. The van der Waals surface area contributed by atoms with Crippen LogP contribution >= 0.6 is 0 Å². The van der Waals surface area contributed by atoms with Gasteiger partial charge in [-0.3, -0.25) is 4.48 Å². The molecule has 1 aliphatic rings. The van der Waals surface area contributed by atoms with Crippen LogP contribution in [0, 0.1) is 5.92 Å². The van der Waals surface area contributed by atoms with Crippen LogP contribution in [0.5, 0.6) is 0 Å². The Morgan fingerprint density at radius 3 is 2.11 bits per heavy atom. The molecule has 2 nitrogen and oxygen atoms in total. The van der Waals surface area contributed by atoms with Gasteiger partial charge < -0.3 is 0 Å². The topological polar surface area (TPSA) is 12.4 Å². The molecular weight excluding hydrogens is 220 g/mol. The molecule has 0 aromatic heterocycles. The molecule has 104 valence electrons. The number of nitrogens with zero attached hydrogens (tertiary/aromatic N) is 2. The summed E-state index contributed by atoms with van der Waals surface area (Å²) in [6, 6.07) is 0. The van der Waals surface area contributed by atoms with E-state index in [2.05, 4.69) is 32.1 Å². The van der Waals surface area contributed by atoms with Crippen molar-refractivity contribution in [1.29, 1.82) is 0 Å². The molecule has 1 atom stereocenters. The van der Waals surface area contributed by atoms with Gasteiger partial charge in [0.2, 0.25) is 0 Å². The first kappa shape index (κ1) is 15.4. The van der Waals surface area contributed by atoms with Crippen LogP contribution in [0.3, 0.4) is 0 Å². The quantitative estimate of drug-likeness (QED) is 0.393. The van der Waals surface area contributed by atoms with Crippen LogP contribution in [0.2, 0.25) is 0 Å². The van der Waals surface area contributed by atoms with E-state index in [4.69, 9.17) is 0 Å². The standard InChI is InChI=1S/C16H31N2/c1-16(2)11-9-7-5-4-6-8-10-13-18(3)14-12-17-15-18/h12,14-16H,4-11,13H2,1-3H3/q+1. The summed E-state index contributed by atoms with van der Waals surface area (Å²) in [6.45, 7) is 5.84. The molecule has 0 spiro atoms. The molecule has 1 rings (SSSR count). The number of rotatable bonds is 10. The van der Waals surface area contributed by atoms with Gasteiger partial charge in [0.05, 0.1) is 19.8 Å². The first-order chi connectivity index (χ1) is 8.62. The Balaban J connectivity index is 1.84. The van der Waals surface area contributed by atoms with Gasteiger partial charge in [-0.2, -0.15) is 0 Å². The van der Waals surface area contributed by atoms with Gasteiger partial charge >= 0.3 is 0 Å². The van der Waals surface area contributed by atoms with Crippen LogP contribution in [0.4, 0.5) is 0 Å². The fourth-order valence-electron chi connectivity index (χ4n) is 2.44. The lowest BCUT2D eigenvalue weighted by Gasteiger charge is -2.21. The van der Waals surface area contributed by atoms with E-state index in [1.807, 2.05) is 12.5 Å². The Hall–Kier alpha value is -0.630. The van der Waals surface area contributed by atoms with E-state index in [0.717, 1.165) is 10.4 Å². The van der Waals surface area contributed by atoms with Crippen molar-refractivity contribution in [3.8, 4) is 0 Å². The number of hydrogen-bond donors (Lipinski definition) is 0. The first-order valence-corrected chi connectivity index (χ1v) is 7.69. The van der Waals surface area contributed by atoms with Gasteiger partial charge in [-0.15, -0.1) is 0 Å². The molecule has 1 unspecified atom stereocenters. The van der Waals surface area contributed by atoms with E-state index in [9.17, 15) is 0 Å².